The lowest BCUT2D eigenvalue weighted by Gasteiger charge is -2.07. The Balaban J connectivity index is 2.75. The maximum absolute atomic E-state index is 5.84. The predicted octanol–water partition coefficient (Wildman–Crippen LogP) is 2.99. The van der Waals surface area contributed by atoms with Crippen LogP contribution in [-0.4, -0.2) is 12.3 Å². The van der Waals surface area contributed by atoms with Crippen molar-refractivity contribution < 1.29 is 0 Å². The summed E-state index contributed by atoms with van der Waals surface area (Å²) in [5.41, 5.74) is 2.30. The van der Waals surface area contributed by atoms with Crippen LogP contribution in [0.5, 0.6) is 0 Å². The lowest BCUT2D eigenvalue weighted by Crippen LogP contribution is -2.03. The molecule has 0 aliphatic carbocycles. The summed E-state index contributed by atoms with van der Waals surface area (Å²) in [4.78, 5) is 0. The van der Waals surface area contributed by atoms with Crippen molar-refractivity contribution >= 4 is 29.9 Å². The fraction of sp³-hybridized carbons (Fsp3) is 0.333. The number of nitrogens with one attached hydrogen (secondary N) is 1. The number of anilines is 1. The summed E-state index contributed by atoms with van der Waals surface area (Å²) in [6.45, 7) is 2.92. The van der Waals surface area contributed by atoms with Crippen LogP contribution in [-0.2, 0) is 0 Å². The molecular weight excluding hydrogens is 190 g/mol. The average Bonchev–Trinajstić information content (AvgIpc) is 2.07. The minimum atomic E-state index is 0.766. The van der Waals surface area contributed by atoms with Crippen molar-refractivity contribution in [3.63, 3.8) is 0 Å². The second-order valence-electron chi connectivity index (χ2n) is 2.61. The highest BCUT2D eigenvalue weighted by atomic mass is 35.5. The Hall–Kier alpha value is -0.340. The molecule has 0 amide bonds. The van der Waals surface area contributed by atoms with E-state index >= 15 is 0 Å². The van der Waals surface area contributed by atoms with Gasteiger partial charge in [0.25, 0.3) is 0 Å². The van der Waals surface area contributed by atoms with Crippen molar-refractivity contribution in [3.8, 4) is 0 Å². The maximum atomic E-state index is 5.84. The molecule has 0 spiro atoms. The normalized spacial score (nSPS) is 9.92. The molecule has 1 aromatic rings. The van der Waals surface area contributed by atoms with Gasteiger partial charge in [-0.15, -0.1) is 0 Å². The molecule has 0 atom stereocenters. The third-order valence-corrected chi connectivity index (χ3v) is 2.09. The average molecular weight is 202 g/mol. The van der Waals surface area contributed by atoms with Gasteiger partial charge in [0.2, 0.25) is 0 Å². The van der Waals surface area contributed by atoms with E-state index < -0.39 is 0 Å². The van der Waals surface area contributed by atoms with E-state index in [0.717, 1.165) is 23.0 Å². The second-order valence-corrected chi connectivity index (χ2v) is 3.49. The molecule has 12 heavy (non-hydrogen) atoms. The Morgan fingerprint density at radius 2 is 2.25 bits per heavy atom. The maximum Gasteiger partial charge on any atom is 0.0426 e. The SMILES string of the molecule is Cc1ccc(Cl)cc1NCCS. The van der Waals surface area contributed by atoms with Gasteiger partial charge in [-0.1, -0.05) is 17.7 Å². The summed E-state index contributed by atoms with van der Waals surface area (Å²) in [6.07, 6.45) is 0. The van der Waals surface area contributed by atoms with Gasteiger partial charge in [-0.05, 0) is 24.6 Å². The van der Waals surface area contributed by atoms with Gasteiger partial charge in [-0.2, -0.15) is 12.6 Å². The number of thiol groups is 1. The summed E-state index contributed by atoms with van der Waals surface area (Å²) < 4.78 is 0. The van der Waals surface area contributed by atoms with Gasteiger partial charge in [0.1, 0.15) is 0 Å². The highest BCUT2D eigenvalue weighted by Crippen LogP contribution is 2.19. The molecular formula is C9H12ClNS. The molecule has 0 saturated heterocycles. The van der Waals surface area contributed by atoms with Crippen LogP contribution in [0.15, 0.2) is 18.2 Å². The Labute approximate surface area is 83.5 Å². The molecule has 0 aliphatic rings. The van der Waals surface area contributed by atoms with Gasteiger partial charge in [0, 0.05) is 23.0 Å². The number of benzene rings is 1. The zero-order chi connectivity index (χ0) is 8.97. The molecule has 1 rings (SSSR count). The van der Waals surface area contributed by atoms with E-state index in [1.54, 1.807) is 0 Å². The fourth-order valence-corrected chi connectivity index (χ4v) is 1.26. The molecule has 0 saturated carbocycles. The summed E-state index contributed by atoms with van der Waals surface area (Å²) >= 11 is 9.95. The molecule has 0 bridgehead atoms. The zero-order valence-electron chi connectivity index (χ0n) is 6.97. The lowest BCUT2D eigenvalue weighted by molar-refractivity contribution is 1.22. The number of hydrogen-bond acceptors (Lipinski definition) is 2. The standard InChI is InChI=1S/C9H12ClNS/c1-7-2-3-8(10)6-9(7)11-4-5-12/h2-3,6,11-12H,4-5H2,1H3. The minimum Gasteiger partial charge on any atom is -0.384 e. The van der Waals surface area contributed by atoms with Crippen molar-refractivity contribution in [3.05, 3.63) is 28.8 Å². The van der Waals surface area contributed by atoms with Crippen molar-refractivity contribution in [1.82, 2.24) is 0 Å². The quantitative estimate of drug-likeness (QED) is 0.717. The first-order valence-electron chi connectivity index (χ1n) is 3.85. The molecule has 0 aliphatic heterocycles. The van der Waals surface area contributed by atoms with Gasteiger partial charge in [-0.3, -0.25) is 0 Å². The Bertz CT molecular complexity index is 263. The minimum absolute atomic E-state index is 0.766. The molecule has 0 heterocycles. The number of rotatable bonds is 3. The van der Waals surface area contributed by atoms with E-state index in [9.17, 15) is 0 Å². The summed E-state index contributed by atoms with van der Waals surface area (Å²) in [7, 11) is 0. The molecule has 1 aromatic carbocycles. The second kappa shape index (κ2) is 4.63. The molecule has 1 nitrogen and oxygen atoms in total. The van der Waals surface area contributed by atoms with Gasteiger partial charge in [-0.25, -0.2) is 0 Å². The molecule has 0 radical (unpaired) electrons. The van der Waals surface area contributed by atoms with Crippen LogP contribution in [0.4, 0.5) is 5.69 Å². The van der Waals surface area contributed by atoms with Crippen LogP contribution in [0.25, 0.3) is 0 Å². The molecule has 3 heteroatoms. The summed E-state index contributed by atoms with van der Waals surface area (Å²) in [5.74, 6) is 0.825. The Kier molecular flexibility index (Phi) is 3.76. The number of hydrogen-bond donors (Lipinski definition) is 2. The summed E-state index contributed by atoms with van der Waals surface area (Å²) in [5, 5.41) is 4.01. The van der Waals surface area contributed by atoms with Crippen molar-refractivity contribution in [2.75, 3.05) is 17.6 Å². The van der Waals surface area contributed by atoms with E-state index in [2.05, 4.69) is 24.9 Å². The molecule has 1 N–H and O–H groups in total. The molecule has 0 aromatic heterocycles. The first-order valence-corrected chi connectivity index (χ1v) is 4.86. The van der Waals surface area contributed by atoms with E-state index in [1.807, 2.05) is 18.2 Å². The van der Waals surface area contributed by atoms with E-state index in [0.29, 0.717) is 0 Å². The topological polar surface area (TPSA) is 12.0 Å². The third-order valence-electron chi connectivity index (χ3n) is 1.63. The zero-order valence-corrected chi connectivity index (χ0v) is 8.62. The Morgan fingerprint density at radius 1 is 1.50 bits per heavy atom. The van der Waals surface area contributed by atoms with E-state index in [4.69, 9.17) is 11.6 Å². The molecule has 66 valence electrons. The fourth-order valence-electron chi connectivity index (χ4n) is 0.975. The highest BCUT2D eigenvalue weighted by molar-refractivity contribution is 7.80. The molecule has 0 unspecified atom stereocenters. The smallest absolute Gasteiger partial charge is 0.0426 e. The van der Waals surface area contributed by atoms with Crippen molar-refractivity contribution in [2.45, 2.75) is 6.92 Å². The van der Waals surface area contributed by atoms with E-state index in [1.165, 1.54) is 5.56 Å². The van der Waals surface area contributed by atoms with Crippen molar-refractivity contribution in [1.29, 1.82) is 0 Å². The van der Waals surface area contributed by atoms with Crippen LogP contribution in [0.2, 0.25) is 5.02 Å². The highest BCUT2D eigenvalue weighted by Gasteiger charge is 1.96. The van der Waals surface area contributed by atoms with Gasteiger partial charge in [0.15, 0.2) is 0 Å². The lowest BCUT2D eigenvalue weighted by atomic mass is 10.2. The Morgan fingerprint density at radius 3 is 2.92 bits per heavy atom. The van der Waals surface area contributed by atoms with Crippen LogP contribution < -0.4 is 5.32 Å². The number of halogens is 1. The van der Waals surface area contributed by atoms with Crippen molar-refractivity contribution in [2.24, 2.45) is 0 Å². The van der Waals surface area contributed by atoms with Crippen LogP contribution in [0.1, 0.15) is 5.56 Å². The monoisotopic (exact) mass is 201 g/mol. The first-order chi connectivity index (χ1) is 5.74. The molecule has 0 fully saturated rings. The van der Waals surface area contributed by atoms with Gasteiger partial charge < -0.3 is 5.32 Å². The largest absolute Gasteiger partial charge is 0.384 e. The van der Waals surface area contributed by atoms with Gasteiger partial charge in [0.05, 0.1) is 0 Å². The first kappa shape index (κ1) is 9.75. The van der Waals surface area contributed by atoms with Gasteiger partial charge >= 0.3 is 0 Å². The van der Waals surface area contributed by atoms with Crippen LogP contribution >= 0.6 is 24.2 Å². The number of aryl methyl sites for hydroxylation is 1. The van der Waals surface area contributed by atoms with E-state index in [-0.39, 0.29) is 0 Å². The summed E-state index contributed by atoms with van der Waals surface area (Å²) in [6, 6.07) is 5.83. The van der Waals surface area contributed by atoms with Crippen LogP contribution in [0.3, 0.4) is 0 Å². The van der Waals surface area contributed by atoms with Crippen LogP contribution in [0, 0.1) is 6.92 Å². The predicted molar refractivity (Wildman–Crippen MR) is 58.5 cm³/mol. The third kappa shape index (κ3) is 2.61.